The summed E-state index contributed by atoms with van der Waals surface area (Å²) < 4.78 is 6.22. The van der Waals surface area contributed by atoms with Gasteiger partial charge in [-0.1, -0.05) is 6.92 Å². The average molecular weight is 273 g/mol. The molecule has 0 unspecified atom stereocenters. The summed E-state index contributed by atoms with van der Waals surface area (Å²) in [6.45, 7) is 5.34. The van der Waals surface area contributed by atoms with Gasteiger partial charge in [-0.15, -0.1) is 0 Å². The summed E-state index contributed by atoms with van der Waals surface area (Å²) in [5.41, 5.74) is 2.26. The third-order valence-electron chi connectivity index (χ3n) is 4.30. The largest absolute Gasteiger partial charge is 0.490 e. The van der Waals surface area contributed by atoms with Crippen LogP contribution in [-0.4, -0.2) is 28.9 Å². The summed E-state index contributed by atoms with van der Waals surface area (Å²) in [6, 6.07) is 4.79. The molecule has 0 atom stereocenters. The van der Waals surface area contributed by atoms with Crippen LogP contribution >= 0.6 is 0 Å². The van der Waals surface area contributed by atoms with Crippen molar-refractivity contribution in [3.05, 3.63) is 23.9 Å². The minimum absolute atomic E-state index is 0.355. The van der Waals surface area contributed by atoms with E-state index < -0.39 is 0 Å². The minimum atomic E-state index is 0.355. The molecule has 4 heteroatoms. The molecule has 1 aliphatic carbocycles. The van der Waals surface area contributed by atoms with E-state index in [4.69, 9.17) is 4.74 Å². The van der Waals surface area contributed by atoms with E-state index in [2.05, 4.69) is 41.5 Å². The molecule has 20 heavy (non-hydrogen) atoms. The van der Waals surface area contributed by atoms with Crippen LogP contribution in [0, 0.1) is 6.92 Å². The number of H-pyrrole nitrogens is 1. The molecule has 1 aromatic carbocycles. The Labute approximate surface area is 119 Å². The first-order chi connectivity index (χ1) is 9.78. The molecule has 0 amide bonds. The summed E-state index contributed by atoms with van der Waals surface area (Å²) in [5.74, 6) is 1.01. The summed E-state index contributed by atoms with van der Waals surface area (Å²) in [7, 11) is 0. The molecule has 108 valence electrons. The molecule has 3 rings (SSSR count). The highest BCUT2D eigenvalue weighted by Gasteiger charge is 2.22. The molecular formula is C16H23N3O. The van der Waals surface area contributed by atoms with Crippen LogP contribution in [0.2, 0.25) is 0 Å². The SMILES string of the molecule is CCN[C@H]1CC[C@H](Oc2ccc3[nH]ncc3c2C)CC1. The maximum atomic E-state index is 6.22. The molecule has 0 bridgehead atoms. The highest BCUT2D eigenvalue weighted by atomic mass is 16.5. The van der Waals surface area contributed by atoms with Crippen LogP contribution in [0.1, 0.15) is 38.2 Å². The lowest BCUT2D eigenvalue weighted by molar-refractivity contribution is 0.139. The molecule has 0 aliphatic heterocycles. The molecule has 1 heterocycles. The highest BCUT2D eigenvalue weighted by molar-refractivity contribution is 5.83. The van der Waals surface area contributed by atoms with Gasteiger partial charge in [-0.3, -0.25) is 5.10 Å². The van der Waals surface area contributed by atoms with Gasteiger partial charge in [0, 0.05) is 17.0 Å². The number of ether oxygens (including phenoxy) is 1. The van der Waals surface area contributed by atoms with Crippen molar-refractivity contribution in [3.8, 4) is 5.75 Å². The van der Waals surface area contributed by atoms with Gasteiger partial charge in [0.1, 0.15) is 5.75 Å². The maximum absolute atomic E-state index is 6.22. The lowest BCUT2D eigenvalue weighted by Gasteiger charge is -2.29. The number of hydrogen-bond acceptors (Lipinski definition) is 3. The zero-order valence-electron chi connectivity index (χ0n) is 12.3. The molecule has 0 radical (unpaired) electrons. The molecule has 0 spiro atoms. The Balaban J connectivity index is 1.66. The molecule has 0 saturated heterocycles. The van der Waals surface area contributed by atoms with Gasteiger partial charge in [0.15, 0.2) is 0 Å². The number of rotatable bonds is 4. The van der Waals surface area contributed by atoms with Gasteiger partial charge in [0.05, 0.1) is 17.8 Å². The van der Waals surface area contributed by atoms with Crippen molar-refractivity contribution in [2.75, 3.05) is 6.54 Å². The molecule has 2 aromatic rings. The van der Waals surface area contributed by atoms with Crippen molar-refractivity contribution in [2.45, 2.75) is 51.7 Å². The molecule has 1 fully saturated rings. The number of aromatic amines is 1. The van der Waals surface area contributed by atoms with Crippen LogP contribution in [0.5, 0.6) is 5.75 Å². The Hall–Kier alpha value is -1.55. The summed E-state index contributed by atoms with van der Waals surface area (Å²) in [5, 5.41) is 11.8. The number of benzene rings is 1. The van der Waals surface area contributed by atoms with Crippen molar-refractivity contribution in [1.29, 1.82) is 0 Å². The Morgan fingerprint density at radius 3 is 2.85 bits per heavy atom. The van der Waals surface area contributed by atoms with Crippen molar-refractivity contribution < 1.29 is 4.74 Å². The highest BCUT2D eigenvalue weighted by Crippen LogP contribution is 2.29. The van der Waals surface area contributed by atoms with Gasteiger partial charge in [-0.2, -0.15) is 5.10 Å². The first-order valence-corrected chi connectivity index (χ1v) is 7.60. The fraction of sp³-hybridized carbons (Fsp3) is 0.562. The van der Waals surface area contributed by atoms with E-state index in [1.165, 1.54) is 18.4 Å². The second-order valence-electron chi connectivity index (χ2n) is 5.67. The fourth-order valence-electron chi connectivity index (χ4n) is 3.12. The van der Waals surface area contributed by atoms with Gasteiger partial charge < -0.3 is 10.1 Å². The van der Waals surface area contributed by atoms with E-state index in [1.807, 2.05) is 6.20 Å². The molecule has 1 saturated carbocycles. The first-order valence-electron chi connectivity index (χ1n) is 7.60. The summed E-state index contributed by atoms with van der Waals surface area (Å²) in [4.78, 5) is 0. The van der Waals surface area contributed by atoms with Crippen LogP contribution in [0.4, 0.5) is 0 Å². The van der Waals surface area contributed by atoms with E-state index in [-0.39, 0.29) is 0 Å². The molecule has 1 aliphatic rings. The molecule has 4 nitrogen and oxygen atoms in total. The van der Waals surface area contributed by atoms with Crippen molar-refractivity contribution >= 4 is 10.9 Å². The number of hydrogen-bond donors (Lipinski definition) is 2. The second-order valence-corrected chi connectivity index (χ2v) is 5.67. The monoisotopic (exact) mass is 273 g/mol. The lowest BCUT2D eigenvalue weighted by atomic mass is 9.93. The molecular weight excluding hydrogens is 250 g/mol. The zero-order valence-corrected chi connectivity index (χ0v) is 12.3. The summed E-state index contributed by atoms with van der Waals surface area (Å²) in [6.07, 6.45) is 6.94. The Morgan fingerprint density at radius 2 is 2.10 bits per heavy atom. The number of aromatic nitrogens is 2. The quantitative estimate of drug-likeness (QED) is 0.899. The van der Waals surface area contributed by atoms with Gasteiger partial charge in [-0.25, -0.2) is 0 Å². The number of nitrogens with one attached hydrogen (secondary N) is 2. The van der Waals surface area contributed by atoms with Gasteiger partial charge in [0.25, 0.3) is 0 Å². The first kappa shape index (κ1) is 13.4. The Kier molecular flexibility index (Phi) is 3.92. The minimum Gasteiger partial charge on any atom is -0.490 e. The van der Waals surface area contributed by atoms with E-state index >= 15 is 0 Å². The molecule has 2 N–H and O–H groups in total. The standard InChI is InChI=1S/C16H23N3O/c1-3-17-12-4-6-13(7-5-12)20-16-9-8-15-14(11(16)2)10-18-19-15/h8-10,12-13,17H,3-7H2,1-2H3,(H,18,19)/t12-,13-. The Bertz CT molecular complexity index is 570. The van der Waals surface area contributed by atoms with Gasteiger partial charge in [-0.05, 0) is 51.3 Å². The third-order valence-corrected chi connectivity index (χ3v) is 4.30. The normalized spacial score (nSPS) is 23.1. The second kappa shape index (κ2) is 5.83. The van der Waals surface area contributed by atoms with E-state index in [9.17, 15) is 0 Å². The predicted molar refractivity (Wildman–Crippen MR) is 81.2 cm³/mol. The average Bonchev–Trinajstić information content (AvgIpc) is 2.94. The van der Waals surface area contributed by atoms with Crippen LogP contribution in [0.25, 0.3) is 10.9 Å². The van der Waals surface area contributed by atoms with Crippen molar-refractivity contribution in [3.63, 3.8) is 0 Å². The molecule has 1 aromatic heterocycles. The number of nitrogens with zero attached hydrogens (tertiary/aromatic N) is 1. The van der Waals surface area contributed by atoms with Crippen LogP contribution in [0.15, 0.2) is 18.3 Å². The third kappa shape index (κ3) is 2.66. The smallest absolute Gasteiger partial charge is 0.123 e. The van der Waals surface area contributed by atoms with E-state index in [1.54, 1.807) is 0 Å². The Morgan fingerprint density at radius 1 is 1.30 bits per heavy atom. The number of aryl methyl sites for hydroxylation is 1. The lowest BCUT2D eigenvalue weighted by Crippen LogP contribution is -2.36. The van der Waals surface area contributed by atoms with Crippen molar-refractivity contribution in [2.24, 2.45) is 0 Å². The fourth-order valence-corrected chi connectivity index (χ4v) is 3.12. The van der Waals surface area contributed by atoms with Crippen molar-refractivity contribution in [1.82, 2.24) is 15.5 Å². The van der Waals surface area contributed by atoms with Crippen LogP contribution in [0.3, 0.4) is 0 Å². The van der Waals surface area contributed by atoms with Crippen LogP contribution in [-0.2, 0) is 0 Å². The summed E-state index contributed by atoms with van der Waals surface area (Å²) >= 11 is 0. The zero-order chi connectivity index (χ0) is 13.9. The van der Waals surface area contributed by atoms with Crippen LogP contribution < -0.4 is 10.1 Å². The number of fused-ring (bicyclic) bond motifs is 1. The van der Waals surface area contributed by atoms with E-state index in [0.29, 0.717) is 12.1 Å². The van der Waals surface area contributed by atoms with E-state index in [0.717, 1.165) is 36.0 Å². The predicted octanol–water partition coefficient (Wildman–Crippen LogP) is 3.17. The van der Waals surface area contributed by atoms with Gasteiger partial charge in [0.2, 0.25) is 0 Å². The maximum Gasteiger partial charge on any atom is 0.123 e. The van der Waals surface area contributed by atoms with Gasteiger partial charge >= 0.3 is 0 Å². The topological polar surface area (TPSA) is 49.9 Å².